The molecule has 1 rings (SSSR count). The van der Waals surface area contributed by atoms with E-state index in [1.54, 1.807) is 7.11 Å². The topological polar surface area (TPSA) is 50.7 Å². The second kappa shape index (κ2) is 7.09. The van der Waals surface area contributed by atoms with Crippen LogP contribution in [0.4, 0.5) is 0 Å². The Hall–Kier alpha value is -1.26. The summed E-state index contributed by atoms with van der Waals surface area (Å²) in [5.41, 5.74) is 0. The summed E-state index contributed by atoms with van der Waals surface area (Å²) in [6.45, 7) is 0.709. The molecule has 90 valence electrons. The van der Waals surface area contributed by atoms with Crippen molar-refractivity contribution in [2.45, 2.75) is 12.5 Å². The zero-order chi connectivity index (χ0) is 11.8. The Morgan fingerprint density at radius 1 is 1.25 bits per heavy atom. The first-order valence-corrected chi connectivity index (χ1v) is 5.35. The minimum atomic E-state index is 0.0956. The summed E-state index contributed by atoms with van der Waals surface area (Å²) in [6.07, 6.45) is 0.777. The number of nitrogens with one attached hydrogen (secondary N) is 1. The van der Waals surface area contributed by atoms with E-state index in [1.807, 2.05) is 31.3 Å². The maximum Gasteiger partial charge on any atom is 0.119 e. The number of likely N-dealkylation sites (N-methyl/N-ethyl adjacent to an activating group) is 1. The summed E-state index contributed by atoms with van der Waals surface area (Å²) in [5, 5.41) is 12.0. The molecule has 0 aliphatic rings. The first kappa shape index (κ1) is 12.8. The van der Waals surface area contributed by atoms with Gasteiger partial charge in [0.2, 0.25) is 0 Å². The highest BCUT2D eigenvalue weighted by molar-refractivity contribution is 5.31. The number of ether oxygens (including phenoxy) is 2. The van der Waals surface area contributed by atoms with Crippen LogP contribution in [0.2, 0.25) is 0 Å². The molecule has 0 saturated heterocycles. The molecule has 0 aliphatic carbocycles. The number of rotatable bonds is 7. The van der Waals surface area contributed by atoms with Gasteiger partial charge in [-0.25, -0.2) is 0 Å². The Kier molecular flexibility index (Phi) is 5.67. The van der Waals surface area contributed by atoms with Gasteiger partial charge in [0.1, 0.15) is 11.5 Å². The third kappa shape index (κ3) is 4.08. The van der Waals surface area contributed by atoms with Crippen LogP contribution in [-0.4, -0.2) is 38.5 Å². The Bertz CT molecular complexity index is 283. The van der Waals surface area contributed by atoms with Gasteiger partial charge >= 0.3 is 0 Å². The van der Waals surface area contributed by atoms with E-state index in [0.717, 1.165) is 17.9 Å². The fourth-order valence-corrected chi connectivity index (χ4v) is 1.32. The van der Waals surface area contributed by atoms with E-state index in [2.05, 4.69) is 5.32 Å². The van der Waals surface area contributed by atoms with Crippen LogP contribution < -0.4 is 14.8 Å². The molecule has 16 heavy (non-hydrogen) atoms. The smallest absolute Gasteiger partial charge is 0.119 e. The monoisotopic (exact) mass is 225 g/mol. The lowest BCUT2D eigenvalue weighted by atomic mass is 10.2. The molecule has 0 spiro atoms. The Morgan fingerprint density at radius 3 is 2.38 bits per heavy atom. The van der Waals surface area contributed by atoms with E-state index < -0.39 is 0 Å². The molecule has 4 heteroatoms. The number of hydrogen-bond acceptors (Lipinski definition) is 4. The third-order valence-electron chi connectivity index (χ3n) is 2.42. The van der Waals surface area contributed by atoms with Crippen molar-refractivity contribution in [1.82, 2.24) is 5.32 Å². The van der Waals surface area contributed by atoms with Gasteiger partial charge in [-0.3, -0.25) is 0 Å². The predicted octanol–water partition coefficient (Wildman–Crippen LogP) is 1.04. The summed E-state index contributed by atoms with van der Waals surface area (Å²) < 4.78 is 10.6. The van der Waals surface area contributed by atoms with Crippen molar-refractivity contribution in [3.63, 3.8) is 0 Å². The molecule has 1 atom stereocenters. The Balaban J connectivity index is 2.31. The quantitative estimate of drug-likeness (QED) is 0.728. The average Bonchev–Trinajstić information content (AvgIpc) is 2.35. The lowest BCUT2D eigenvalue weighted by Gasteiger charge is -2.13. The number of methoxy groups -OCH3 is 1. The van der Waals surface area contributed by atoms with E-state index in [9.17, 15) is 0 Å². The van der Waals surface area contributed by atoms with Gasteiger partial charge in [-0.15, -0.1) is 0 Å². The van der Waals surface area contributed by atoms with Crippen LogP contribution in [0.1, 0.15) is 6.42 Å². The average molecular weight is 225 g/mol. The zero-order valence-corrected chi connectivity index (χ0v) is 9.77. The molecule has 2 N–H and O–H groups in total. The lowest BCUT2D eigenvalue weighted by Crippen LogP contribution is -2.30. The van der Waals surface area contributed by atoms with E-state index in [4.69, 9.17) is 14.6 Å². The van der Waals surface area contributed by atoms with Crippen LogP contribution in [0.3, 0.4) is 0 Å². The summed E-state index contributed by atoms with van der Waals surface area (Å²) in [6, 6.07) is 7.55. The number of hydrogen-bond donors (Lipinski definition) is 2. The van der Waals surface area contributed by atoms with Crippen molar-refractivity contribution in [2.75, 3.05) is 27.4 Å². The van der Waals surface area contributed by atoms with Gasteiger partial charge in [-0.2, -0.15) is 0 Å². The van der Waals surface area contributed by atoms with Gasteiger partial charge in [-0.05, 0) is 37.7 Å². The van der Waals surface area contributed by atoms with Crippen molar-refractivity contribution in [1.29, 1.82) is 0 Å². The van der Waals surface area contributed by atoms with Gasteiger partial charge in [0, 0.05) is 6.04 Å². The van der Waals surface area contributed by atoms with E-state index >= 15 is 0 Å². The summed E-state index contributed by atoms with van der Waals surface area (Å²) in [7, 11) is 3.46. The van der Waals surface area contributed by atoms with Crippen LogP contribution >= 0.6 is 0 Å². The summed E-state index contributed by atoms with van der Waals surface area (Å²) >= 11 is 0. The minimum absolute atomic E-state index is 0.0956. The zero-order valence-electron chi connectivity index (χ0n) is 9.77. The SMILES string of the molecule is CNC(CO)CCOc1ccc(OC)cc1. The molecule has 0 fully saturated rings. The molecule has 0 radical (unpaired) electrons. The largest absolute Gasteiger partial charge is 0.497 e. The van der Waals surface area contributed by atoms with Crippen molar-refractivity contribution < 1.29 is 14.6 Å². The molecule has 0 amide bonds. The highest BCUT2D eigenvalue weighted by Crippen LogP contribution is 2.17. The van der Waals surface area contributed by atoms with Gasteiger partial charge in [-0.1, -0.05) is 0 Å². The molecule has 1 aromatic carbocycles. The summed E-state index contributed by atoms with van der Waals surface area (Å²) in [5.74, 6) is 1.63. The third-order valence-corrected chi connectivity index (χ3v) is 2.42. The molecular weight excluding hydrogens is 206 g/mol. The van der Waals surface area contributed by atoms with E-state index in [0.29, 0.717) is 6.61 Å². The van der Waals surface area contributed by atoms with Gasteiger partial charge in [0.15, 0.2) is 0 Å². The normalized spacial score (nSPS) is 12.2. The molecule has 0 heterocycles. The van der Waals surface area contributed by atoms with Crippen LogP contribution in [-0.2, 0) is 0 Å². The molecule has 1 aromatic rings. The van der Waals surface area contributed by atoms with Gasteiger partial charge in [0.25, 0.3) is 0 Å². The van der Waals surface area contributed by atoms with E-state index in [-0.39, 0.29) is 12.6 Å². The fraction of sp³-hybridized carbons (Fsp3) is 0.500. The molecule has 1 unspecified atom stereocenters. The standard InChI is InChI=1S/C12H19NO3/c1-13-10(9-14)7-8-16-12-5-3-11(15-2)4-6-12/h3-6,10,13-14H,7-9H2,1-2H3. The first-order chi connectivity index (χ1) is 7.80. The van der Waals surface area contributed by atoms with Crippen LogP contribution in [0.25, 0.3) is 0 Å². The summed E-state index contributed by atoms with van der Waals surface area (Å²) in [4.78, 5) is 0. The van der Waals surface area contributed by atoms with Crippen molar-refractivity contribution in [3.05, 3.63) is 24.3 Å². The van der Waals surface area contributed by atoms with Crippen LogP contribution in [0, 0.1) is 0 Å². The Labute approximate surface area is 96.2 Å². The minimum Gasteiger partial charge on any atom is -0.497 e. The highest BCUT2D eigenvalue weighted by Gasteiger charge is 2.03. The highest BCUT2D eigenvalue weighted by atomic mass is 16.5. The van der Waals surface area contributed by atoms with E-state index in [1.165, 1.54) is 0 Å². The Morgan fingerprint density at radius 2 is 1.88 bits per heavy atom. The molecule has 4 nitrogen and oxygen atoms in total. The number of benzene rings is 1. The molecule has 0 aliphatic heterocycles. The van der Waals surface area contributed by atoms with Gasteiger partial charge in [0.05, 0.1) is 20.3 Å². The second-order valence-corrected chi connectivity index (χ2v) is 3.48. The van der Waals surface area contributed by atoms with Crippen molar-refractivity contribution >= 4 is 0 Å². The van der Waals surface area contributed by atoms with Crippen molar-refractivity contribution in [2.24, 2.45) is 0 Å². The van der Waals surface area contributed by atoms with Crippen molar-refractivity contribution in [3.8, 4) is 11.5 Å². The predicted molar refractivity (Wildman–Crippen MR) is 63.0 cm³/mol. The number of aliphatic hydroxyl groups excluding tert-OH is 1. The second-order valence-electron chi connectivity index (χ2n) is 3.48. The molecule has 0 bridgehead atoms. The maximum atomic E-state index is 8.96. The molecule has 0 aromatic heterocycles. The lowest BCUT2D eigenvalue weighted by molar-refractivity contribution is 0.214. The van der Waals surface area contributed by atoms with Crippen LogP contribution in [0.5, 0.6) is 11.5 Å². The first-order valence-electron chi connectivity index (χ1n) is 5.35. The molecular formula is C12H19NO3. The maximum absolute atomic E-state index is 8.96. The van der Waals surface area contributed by atoms with Crippen LogP contribution in [0.15, 0.2) is 24.3 Å². The fourth-order valence-electron chi connectivity index (χ4n) is 1.32. The molecule has 0 saturated carbocycles. The van der Waals surface area contributed by atoms with Gasteiger partial charge < -0.3 is 19.9 Å². The number of aliphatic hydroxyl groups is 1.